The topological polar surface area (TPSA) is 76.6 Å². The number of anilines is 1. The smallest absolute Gasteiger partial charge is 0.358 e. The Kier molecular flexibility index (Phi) is 5.00. The van der Waals surface area contributed by atoms with Crippen LogP contribution in [-0.4, -0.2) is 40.9 Å². The van der Waals surface area contributed by atoms with E-state index in [2.05, 4.69) is 25.7 Å². The van der Waals surface area contributed by atoms with E-state index in [4.69, 9.17) is 0 Å². The molecule has 0 aromatic carbocycles. The van der Waals surface area contributed by atoms with Gasteiger partial charge in [-0.15, -0.1) is 0 Å². The maximum absolute atomic E-state index is 12.1. The number of methoxy groups -OCH3 is 1. The van der Waals surface area contributed by atoms with E-state index in [9.17, 15) is 14.4 Å². The highest BCUT2D eigenvalue weighted by molar-refractivity contribution is 9.10. The third kappa shape index (κ3) is 3.62. The Morgan fingerprint density at radius 2 is 2.24 bits per heavy atom. The molecule has 1 aliphatic heterocycles. The molecular formula is C13H13BrN2O4S. The number of pyridine rings is 1. The van der Waals surface area contributed by atoms with Gasteiger partial charge in [-0.25, -0.2) is 9.78 Å². The van der Waals surface area contributed by atoms with E-state index in [1.165, 1.54) is 25.1 Å². The summed E-state index contributed by atoms with van der Waals surface area (Å²) in [5.74, 6) is -0.744. The lowest BCUT2D eigenvalue weighted by Crippen LogP contribution is -2.27. The predicted octanol–water partition coefficient (Wildman–Crippen LogP) is 2.02. The number of amides is 1. The highest BCUT2D eigenvalue weighted by Gasteiger charge is 2.34. The first-order valence-corrected chi connectivity index (χ1v) is 7.81. The van der Waals surface area contributed by atoms with Gasteiger partial charge in [0.1, 0.15) is 0 Å². The summed E-state index contributed by atoms with van der Waals surface area (Å²) in [4.78, 5) is 40.6. The molecule has 1 saturated heterocycles. The normalized spacial score (nSPS) is 18.0. The van der Waals surface area contributed by atoms with Gasteiger partial charge in [0.15, 0.2) is 10.8 Å². The average molecular weight is 373 g/mol. The fraction of sp³-hybridized carbons (Fsp3) is 0.385. The van der Waals surface area contributed by atoms with Gasteiger partial charge < -0.3 is 9.64 Å². The fourth-order valence-corrected chi connectivity index (χ4v) is 3.35. The first kappa shape index (κ1) is 16.0. The SMILES string of the molecule is COC(=O)c1ncc(Br)cc1N1CC(SC(C)=O)CC1=O. The van der Waals surface area contributed by atoms with Crippen LogP contribution < -0.4 is 4.90 Å². The summed E-state index contributed by atoms with van der Waals surface area (Å²) in [7, 11) is 1.26. The number of hydrogen-bond donors (Lipinski definition) is 0. The van der Waals surface area contributed by atoms with Crippen LogP contribution in [0.3, 0.4) is 0 Å². The van der Waals surface area contributed by atoms with E-state index in [1.54, 1.807) is 6.07 Å². The Balaban J connectivity index is 2.33. The Labute approximate surface area is 134 Å². The van der Waals surface area contributed by atoms with Gasteiger partial charge >= 0.3 is 5.97 Å². The minimum absolute atomic E-state index is 0.0322. The van der Waals surface area contributed by atoms with Crippen LogP contribution in [0.4, 0.5) is 5.69 Å². The quantitative estimate of drug-likeness (QED) is 0.755. The standard InChI is InChI=1S/C13H13BrN2O4S/c1-7(17)21-9-4-11(18)16(6-9)10-3-8(14)5-15-12(10)13(19)20-2/h3,5,9H,4,6H2,1-2H3. The summed E-state index contributed by atoms with van der Waals surface area (Å²) >= 11 is 4.42. The van der Waals surface area contributed by atoms with Crippen LogP contribution in [0.1, 0.15) is 23.8 Å². The molecule has 1 amide bonds. The molecule has 1 fully saturated rings. The number of nitrogens with zero attached hydrogens (tertiary/aromatic N) is 2. The molecule has 1 aromatic rings. The van der Waals surface area contributed by atoms with Crippen LogP contribution in [-0.2, 0) is 14.3 Å². The number of thioether (sulfide) groups is 1. The maximum Gasteiger partial charge on any atom is 0.358 e. The van der Waals surface area contributed by atoms with Crippen LogP contribution in [0, 0.1) is 0 Å². The zero-order valence-electron chi connectivity index (χ0n) is 11.5. The zero-order chi connectivity index (χ0) is 15.6. The predicted molar refractivity (Wildman–Crippen MR) is 82.3 cm³/mol. The molecule has 2 rings (SSSR count). The Hall–Kier alpha value is -1.41. The minimum Gasteiger partial charge on any atom is -0.464 e. The van der Waals surface area contributed by atoms with Gasteiger partial charge in [0.05, 0.1) is 12.8 Å². The molecule has 0 saturated carbocycles. The molecule has 0 bridgehead atoms. The highest BCUT2D eigenvalue weighted by Crippen LogP contribution is 2.31. The third-order valence-electron chi connectivity index (χ3n) is 2.93. The lowest BCUT2D eigenvalue weighted by atomic mass is 10.2. The summed E-state index contributed by atoms with van der Waals surface area (Å²) in [6.07, 6.45) is 1.73. The number of rotatable bonds is 3. The van der Waals surface area contributed by atoms with E-state index in [0.29, 0.717) is 16.7 Å². The summed E-state index contributed by atoms with van der Waals surface area (Å²) < 4.78 is 5.34. The number of carbonyl (C=O) groups is 3. The number of carbonyl (C=O) groups excluding carboxylic acids is 3. The summed E-state index contributed by atoms with van der Waals surface area (Å²) in [5, 5.41) is -0.144. The van der Waals surface area contributed by atoms with Gasteiger partial charge in [0, 0.05) is 35.8 Å². The van der Waals surface area contributed by atoms with Gasteiger partial charge in [-0.1, -0.05) is 11.8 Å². The molecule has 21 heavy (non-hydrogen) atoms. The van der Waals surface area contributed by atoms with Gasteiger partial charge in [-0.2, -0.15) is 0 Å². The number of ether oxygens (including phenoxy) is 1. The van der Waals surface area contributed by atoms with Crippen LogP contribution >= 0.6 is 27.7 Å². The van der Waals surface area contributed by atoms with Crippen LogP contribution in [0.25, 0.3) is 0 Å². The van der Waals surface area contributed by atoms with Crippen LogP contribution in [0.15, 0.2) is 16.7 Å². The lowest BCUT2D eigenvalue weighted by Gasteiger charge is -2.18. The molecule has 1 aromatic heterocycles. The maximum atomic E-state index is 12.1. The van der Waals surface area contributed by atoms with Crippen molar-refractivity contribution >= 4 is 50.4 Å². The van der Waals surface area contributed by atoms with E-state index in [1.807, 2.05) is 0 Å². The number of halogens is 1. The molecule has 1 unspecified atom stereocenters. The van der Waals surface area contributed by atoms with Crippen molar-refractivity contribution in [1.29, 1.82) is 0 Å². The van der Waals surface area contributed by atoms with Crippen molar-refractivity contribution in [1.82, 2.24) is 4.98 Å². The summed E-state index contributed by atoms with van der Waals surface area (Å²) in [6, 6.07) is 1.65. The molecule has 0 spiro atoms. The summed E-state index contributed by atoms with van der Waals surface area (Å²) in [6.45, 7) is 1.84. The molecule has 112 valence electrons. The van der Waals surface area contributed by atoms with Crippen molar-refractivity contribution in [3.8, 4) is 0 Å². The molecule has 2 heterocycles. The van der Waals surface area contributed by atoms with Crippen molar-refractivity contribution in [2.45, 2.75) is 18.6 Å². The van der Waals surface area contributed by atoms with Gasteiger partial charge in [-0.05, 0) is 22.0 Å². The summed E-state index contributed by atoms with van der Waals surface area (Å²) in [5.41, 5.74) is 0.482. The molecule has 8 heteroatoms. The van der Waals surface area contributed by atoms with Crippen molar-refractivity contribution in [2.75, 3.05) is 18.6 Å². The Bertz CT molecular complexity index is 608. The third-order valence-corrected chi connectivity index (χ3v) is 4.34. The molecule has 1 aliphatic rings. The van der Waals surface area contributed by atoms with Gasteiger partial charge in [-0.3, -0.25) is 9.59 Å². The fourth-order valence-electron chi connectivity index (χ4n) is 2.11. The van der Waals surface area contributed by atoms with Crippen molar-refractivity contribution in [3.05, 3.63) is 22.4 Å². The second-order valence-corrected chi connectivity index (χ2v) is 6.85. The largest absolute Gasteiger partial charge is 0.464 e. The average Bonchev–Trinajstić information content (AvgIpc) is 2.77. The van der Waals surface area contributed by atoms with Crippen molar-refractivity contribution in [2.24, 2.45) is 0 Å². The van der Waals surface area contributed by atoms with Crippen LogP contribution in [0.2, 0.25) is 0 Å². The van der Waals surface area contributed by atoms with Crippen molar-refractivity contribution < 1.29 is 19.1 Å². The molecule has 0 radical (unpaired) electrons. The van der Waals surface area contributed by atoms with E-state index in [0.717, 1.165) is 11.8 Å². The van der Waals surface area contributed by atoms with E-state index >= 15 is 0 Å². The second kappa shape index (κ2) is 6.57. The zero-order valence-corrected chi connectivity index (χ0v) is 13.9. The molecular weight excluding hydrogens is 360 g/mol. The number of esters is 1. The van der Waals surface area contributed by atoms with E-state index in [-0.39, 0.29) is 28.4 Å². The molecule has 1 atom stereocenters. The molecule has 6 nitrogen and oxygen atoms in total. The Morgan fingerprint density at radius 1 is 1.52 bits per heavy atom. The van der Waals surface area contributed by atoms with Gasteiger partial charge in [0.2, 0.25) is 5.91 Å². The second-order valence-electron chi connectivity index (χ2n) is 4.45. The number of hydrogen-bond acceptors (Lipinski definition) is 6. The lowest BCUT2D eigenvalue weighted by molar-refractivity contribution is -0.117. The molecule has 0 N–H and O–H groups in total. The Morgan fingerprint density at radius 3 is 2.86 bits per heavy atom. The highest BCUT2D eigenvalue weighted by atomic mass is 79.9. The first-order chi connectivity index (χ1) is 9.92. The van der Waals surface area contributed by atoms with Crippen molar-refractivity contribution in [3.63, 3.8) is 0 Å². The van der Waals surface area contributed by atoms with Crippen LogP contribution in [0.5, 0.6) is 0 Å². The monoisotopic (exact) mass is 372 g/mol. The number of aromatic nitrogens is 1. The minimum atomic E-state index is -0.604. The van der Waals surface area contributed by atoms with E-state index < -0.39 is 5.97 Å². The molecule has 0 aliphatic carbocycles. The first-order valence-electron chi connectivity index (χ1n) is 6.13. The van der Waals surface area contributed by atoms with Gasteiger partial charge in [0.25, 0.3) is 0 Å².